The van der Waals surface area contributed by atoms with Crippen LogP contribution in [-0.2, 0) is 0 Å². The standard InChI is InChI=1S/C6H14N2.C2H6/c1-5(7)8-6(2,3)4;1-2/h1-4H3,(H2,7,8);1-2H3. The van der Waals surface area contributed by atoms with Crippen molar-refractivity contribution in [1.82, 2.24) is 0 Å². The molecule has 0 saturated heterocycles. The molecule has 0 aromatic heterocycles. The summed E-state index contributed by atoms with van der Waals surface area (Å²) in [6.45, 7) is 11.8. The second-order valence-corrected chi connectivity index (χ2v) is 2.92. The van der Waals surface area contributed by atoms with Crippen LogP contribution in [0.25, 0.3) is 0 Å². The van der Waals surface area contributed by atoms with E-state index in [4.69, 9.17) is 5.73 Å². The highest BCUT2D eigenvalue weighted by atomic mass is 14.9. The lowest BCUT2D eigenvalue weighted by molar-refractivity contribution is 0.582. The molecule has 0 saturated carbocycles. The van der Waals surface area contributed by atoms with Crippen LogP contribution in [-0.4, -0.2) is 11.4 Å². The van der Waals surface area contributed by atoms with Gasteiger partial charge in [0.25, 0.3) is 0 Å². The number of nitrogens with zero attached hydrogens (tertiary/aromatic N) is 1. The van der Waals surface area contributed by atoms with Gasteiger partial charge in [0, 0.05) is 0 Å². The van der Waals surface area contributed by atoms with Crippen molar-refractivity contribution in [2.24, 2.45) is 10.7 Å². The van der Waals surface area contributed by atoms with Gasteiger partial charge in [0.2, 0.25) is 0 Å². The first-order chi connectivity index (χ1) is 4.42. The van der Waals surface area contributed by atoms with Crippen LogP contribution in [0.3, 0.4) is 0 Å². The normalized spacial score (nSPS) is 12.0. The fraction of sp³-hybridized carbons (Fsp3) is 0.875. The molecule has 10 heavy (non-hydrogen) atoms. The van der Waals surface area contributed by atoms with Crippen LogP contribution in [0.5, 0.6) is 0 Å². The van der Waals surface area contributed by atoms with Gasteiger partial charge in [0.15, 0.2) is 0 Å². The summed E-state index contributed by atoms with van der Waals surface area (Å²) in [7, 11) is 0. The van der Waals surface area contributed by atoms with E-state index in [0.717, 1.165) is 0 Å². The molecule has 0 aliphatic heterocycles. The van der Waals surface area contributed by atoms with E-state index in [-0.39, 0.29) is 5.54 Å². The van der Waals surface area contributed by atoms with Gasteiger partial charge in [0.05, 0.1) is 11.4 Å². The Labute approximate surface area is 64.5 Å². The first kappa shape index (κ1) is 12.2. The zero-order chi connectivity index (χ0) is 8.78. The predicted octanol–water partition coefficient (Wildman–Crippen LogP) is 2.19. The van der Waals surface area contributed by atoms with E-state index >= 15 is 0 Å². The van der Waals surface area contributed by atoms with Gasteiger partial charge in [-0.05, 0) is 27.7 Å². The van der Waals surface area contributed by atoms with Crippen LogP contribution in [0.2, 0.25) is 0 Å². The molecule has 0 aromatic rings. The van der Waals surface area contributed by atoms with E-state index in [1.165, 1.54) is 0 Å². The SMILES string of the molecule is CC.CC(N)=NC(C)(C)C. The Kier molecular flexibility index (Phi) is 6.42. The smallest absolute Gasteiger partial charge is 0.0912 e. The first-order valence-corrected chi connectivity index (χ1v) is 3.74. The van der Waals surface area contributed by atoms with Crippen molar-refractivity contribution in [2.45, 2.75) is 47.1 Å². The van der Waals surface area contributed by atoms with Crippen molar-refractivity contribution in [3.05, 3.63) is 0 Å². The van der Waals surface area contributed by atoms with Gasteiger partial charge in [-0.2, -0.15) is 0 Å². The maximum Gasteiger partial charge on any atom is 0.0912 e. The van der Waals surface area contributed by atoms with Crippen molar-refractivity contribution < 1.29 is 0 Å². The number of aliphatic imine (C=N–C) groups is 1. The van der Waals surface area contributed by atoms with Crippen molar-refractivity contribution >= 4 is 5.84 Å². The average molecular weight is 144 g/mol. The van der Waals surface area contributed by atoms with Crippen LogP contribution >= 0.6 is 0 Å². The summed E-state index contributed by atoms with van der Waals surface area (Å²) in [4.78, 5) is 4.10. The van der Waals surface area contributed by atoms with Gasteiger partial charge in [-0.15, -0.1) is 0 Å². The van der Waals surface area contributed by atoms with Gasteiger partial charge in [-0.3, -0.25) is 4.99 Å². The minimum absolute atomic E-state index is 0.0150. The molecular weight excluding hydrogens is 124 g/mol. The minimum Gasteiger partial charge on any atom is -0.388 e. The number of hydrogen-bond acceptors (Lipinski definition) is 1. The first-order valence-electron chi connectivity index (χ1n) is 3.74. The maximum absolute atomic E-state index is 5.33. The van der Waals surface area contributed by atoms with Gasteiger partial charge < -0.3 is 5.73 Å². The molecule has 0 spiro atoms. The average Bonchev–Trinajstić information content (AvgIpc) is 1.64. The Hall–Kier alpha value is -0.530. The quantitative estimate of drug-likeness (QED) is 0.411. The summed E-state index contributed by atoms with van der Waals surface area (Å²) in [5.41, 5.74) is 5.31. The zero-order valence-electron chi connectivity index (χ0n) is 8.02. The fourth-order valence-electron chi connectivity index (χ4n) is 0.529. The second-order valence-electron chi connectivity index (χ2n) is 2.92. The van der Waals surface area contributed by atoms with Crippen molar-refractivity contribution in [2.75, 3.05) is 0 Å². The zero-order valence-corrected chi connectivity index (χ0v) is 8.02. The Morgan fingerprint density at radius 1 is 1.20 bits per heavy atom. The van der Waals surface area contributed by atoms with Gasteiger partial charge >= 0.3 is 0 Å². The van der Waals surface area contributed by atoms with Gasteiger partial charge in [0.1, 0.15) is 0 Å². The van der Waals surface area contributed by atoms with Gasteiger partial charge in [-0.25, -0.2) is 0 Å². The van der Waals surface area contributed by atoms with Crippen LogP contribution in [0, 0.1) is 0 Å². The molecule has 62 valence electrons. The molecule has 0 atom stereocenters. The van der Waals surface area contributed by atoms with E-state index in [2.05, 4.69) is 4.99 Å². The van der Waals surface area contributed by atoms with E-state index in [0.29, 0.717) is 5.84 Å². The largest absolute Gasteiger partial charge is 0.388 e. The molecule has 0 bridgehead atoms. The third-order valence-corrected chi connectivity index (χ3v) is 0.512. The Morgan fingerprint density at radius 2 is 1.50 bits per heavy atom. The van der Waals surface area contributed by atoms with Crippen LogP contribution in [0.15, 0.2) is 4.99 Å². The number of amidine groups is 1. The monoisotopic (exact) mass is 144 g/mol. The molecule has 0 aromatic carbocycles. The Balaban J connectivity index is 0. The van der Waals surface area contributed by atoms with Crippen molar-refractivity contribution in [3.8, 4) is 0 Å². The molecule has 2 nitrogen and oxygen atoms in total. The Bertz CT molecular complexity index is 94.3. The molecule has 0 aliphatic rings. The van der Waals surface area contributed by atoms with E-state index in [1.54, 1.807) is 6.92 Å². The summed E-state index contributed by atoms with van der Waals surface area (Å²) in [5, 5.41) is 0. The fourth-order valence-corrected chi connectivity index (χ4v) is 0.529. The van der Waals surface area contributed by atoms with Crippen LogP contribution < -0.4 is 5.73 Å². The van der Waals surface area contributed by atoms with E-state index < -0.39 is 0 Å². The number of hydrogen-bond donors (Lipinski definition) is 1. The van der Waals surface area contributed by atoms with E-state index in [9.17, 15) is 0 Å². The maximum atomic E-state index is 5.33. The third kappa shape index (κ3) is 15.6. The summed E-state index contributed by atoms with van der Waals surface area (Å²) in [6, 6.07) is 0. The summed E-state index contributed by atoms with van der Waals surface area (Å²) >= 11 is 0. The predicted molar refractivity (Wildman–Crippen MR) is 48.4 cm³/mol. The highest BCUT2D eigenvalue weighted by Gasteiger charge is 2.04. The van der Waals surface area contributed by atoms with Crippen molar-refractivity contribution in [1.29, 1.82) is 0 Å². The van der Waals surface area contributed by atoms with E-state index in [1.807, 2.05) is 34.6 Å². The molecule has 0 rings (SSSR count). The molecule has 2 N–H and O–H groups in total. The van der Waals surface area contributed by atoms with Crippen LogP contribution in [0.1, 0.15) is 41.5 Å². The molecular formula is C8H20N2. The molecule has 0 heterocycles. The topological polar surface area (TPSA) is 38.4 Å². The van der Waals surface area contributed by atoms with Crippen molar-refractivity contribution in [3.63, 3.8) is 0 Å². The lowest BCUT2D eigenvalue weighted by atomic mass is 10.1. The summed E-state index contributed by atoms with van der Waals surface area (Å²) in [6.07, 6.45) is 0. The number of rotatable bonds is 0. The molecule has 0 aliphatic carbocycles. The molecule has 0 fully saturated rings. The highest BCUT2D eigenvalue weighted by Crippen LogP contribution is 2.04. The summed E-state index contributed by atoms with van der Waals surface area (Å²) < 4.78 is 0. The minimum atomic E-state index is -0.0150. The summed E-state index contributed by atoms with van der Waals surface area (Å²) in [5.74, 6) is 0.650. The highest BCUT2D eigenvalue weighted by molar-refractivity contribution is 5.77. The lowest BCUT2D eigenvalue weighted by Gasteiger charge is -2.11. The Morgan fingerprint density at radius 3 is 1.50 bits per heavy atom. The van der Waals surface area contributed by atoms with Crippen LogP contribution in [0.4, 0.5) is 0 Å². The molecule has 0 radical (unpaired) electrons. The molecule has 0 unspecified atom stereocenters. The lowest BCUT2D eigenvalue weighted by Crippen LogP contribution is -2.17. The molecule has 2 heteroatoms. The second kappa shape index (κ2) is 5.27. The molecule has 0 amide bonds. The number of nitrogens with two attached hydrogens (primary N) is 1. The van der Waals surface area contributed by atoms with Gasteiger partial charge in [-0.1, -0.05) is 13.8 Å². The third-order valence-electron chi connectivity index (χ3n) is 0.512.